The van der Waals surface area contributed by atoms with Gasteiger partial charge in [-0.25, -0.2) is 5.01 Å². The average molecular weight is 591 g/mol. The molecule has 1 saturated carbocycles. The molecule has 4 rings (SSSR count). The van der Waals surface area contributed by atoms with Gasteiger partial charge in [0, 0.05) is 43.1 Å². The van der Waals surface area contributed by atoms with E-state index in [1.807, 2.05) is 47.6 Å². The summed E-state index contributed by atoms with van der Waals surface area (Å²) in [6.45, 7) is 13.2. The highest BCUT2D eigenvalue weighted by molar-refractivity contribution is 6.44. The van der Waals surface area contributed by atoms with Crippen LogP contribution in [0.5, 0.6) is 0 Å². The number of carbonyl (C=O) groups is 4. The van der Waals surface area contributed by atoms with Gasteiger partial charge in [-0.15, -0.1) is 0 Å². The second kappa shape index (κ2) is 13.3. The van der Waals surface area contributed by atoms with Crippen LogP contribution < -0.4 is 10.2 Å². The maximum absolute atomic E-state index is 13.7. The predicted molar refractivity (Wildman–Crippen MR) is 170 cm³/mol. The van der Waals surface area contributed by atoms with E-state index in [4.69, 9.17) is 0 Å². The number of hydrogen-bond acceptors (Lipinski definition) is 7. The smallest absolute Gasteiger partial charge is 0.277 e. The molecule has 1 aliphatic heterocycles. The van der Waals surface area contributed by atoms with E-state index in [1.54, 1.807) is 12.1 Å². The maximum Gasteiger partial charge on any atom is 0.277 e. The van der Waals surface area contributed by atoms with Crippen LogP contribution in [0, 0.1) is 5.92 Å². The number of hydrogen-bond donors (Lipinski definition) is 2. The summed E-state index contributed by atoms with van der Waals surface area (Å²) in [5.74, 6) is -1.27. The monoisotopic (exact) mass is 590 g/mol. The molecule has 0 aromatic heterocycles. The Labute approximate surface area is 255 Å². The maximum atomic E-state index is 13.7. The SMILES string of the molecule is CCCCC1=NN(C(C)(C)C)C(=O)C1=C1C(=O)C(c2ccc(N(CC)CC)cc2NC(=O)CCC(=O)C2CCCC2)=C1O. The Morgan fingerprint density at radius 2 is 1.70 bits per heavy atom. The number of nitrogens with one attached hydrogen (secondary N) is 1. The Balaban J connectivity index is 1.69. The number of unbranched alkanes of at least 4 members (excludes halogenated alkanes) is 1. The fraction of sp³-hybridized carbons (Fsp3) is 0.559. The first-order valence-corrected chi connectivity index (χ1v) is 15.8. The molecule has 0 radical (unpaired) electrons. The lowest BCUT2D eigenvalue weighted by Crippen LogP contribution is -2.40. The van der Waals surface area contributed by atoms with Gasteiger partial charge in [0.15, 0.2) is 0 Å². The molecule has 0 atom stereocenters. The third-order valence-corrected chi connectivity index (χ3v) is 8.58. The fourth-order valence-corrected chi connectivity index (χ4v) is 6.10. The summed E-state index contributed by atoms with van der Waals surface area (Å²) in [4.78, 5) is 55.0. The number of ketones is 2. The number of benzene rings is 1. The first-order valence-electron chi connectivity index (χ1n) is 15.8. The van der Waals surface area contributed by atoms with Gasteiger partial charge in [-0.3, -0.25) is 19.2 Å². The number of Topliss-reactive ketones (excluding diaryl/α,β-unsaturated/α-hetero) is 2. The lowest BCUT2D eigenvalue weighted by atomic mass is 9.78. The van der Waals surface area contributed by atoms with Crippen molar-refractivity contribution in [2.75, 3.05) is 23.3 Å². The highest BCUT2D eigenvalue weighted by Crippen LogP contribution is 2.44. The van der Waals surface area contributed by atoms with Crippen LogP contribution in [0.3, 0.4) is 0 Å². The minimum absolute atomic E-state index is 0.0196. The zero-order valence-corrected chi connectivity index (χ0v) is 26.5. The van der Waals surface area contributed by atoms with Crippen molar-refractivity contribution in [2.24, 2.45) is 11.0 Å². The molecule has 1 fully saturated rings. The summed E-state index contributed by atoms with van der Waals surface area (Å²) in [7, 11) is 0. The molecule has 0 unspecified atom stereocenters. The summed E-state index contributed by atoms with van der Waals surface area (Å²) < 4.78 is 0. The van der Waals surface area contributed by atoms with E-state index >= 15 is 0 Å². The quantitative estimate of drug-likeness (QED) is 0.274. The lowest BCUT2D eigenvalue weighted by Gasteiger charge is -2.29. The molecule has 0 spiro atoms. The van der Waals surface area contributed by atoms with E-state index in [-0.39, 0.29) is 52.9 Å². The normalized spacial score (nSPS) is 19.2. The van der Waals surface area contributed by atoms with Crippen LogP contribution in [0.25, 0.3) is 5.57 Å². The zero-order valence-electron chi connectivity index (χ0n) is 26.5. The number of rotatable bonds is 12. The van der Waals surface area contributed by atoms with Gasteiger partial charge in [0.05, 0.1) is 33.7 Å². The van der Waals surface area contributed by atoms with Crippen LogP contribution in [-0.4, -0.2) is 57.8 Å². The topological polar surface area (TPSA) is 119 Å². The van der Waals surface area contributed by atoms with Gasteiger partial charge in [-0.2, -0.15) is 5.10 Å². The van der Waals surface area contributed by atoms with Crippen molar-refractivity contribution in [2.45, 2.75) is 105 Å². The van der Waals surface area contributed by atoms with Gasteiger partial charge >= 0.3 is 0 Å². The van der Waals surface area contributed by atoms with Crippen LogP contribution in [0.2, 0.25) is 0 Å². The third-order valence-electron chi connectivity index (χ3n) is 8.58. The highest BCUT2D eigenvalue weighted by atomic mass is 16.3. The van der Waals surface area contributed by atoms with Crippen molar-refractivity contribution >= 4 is 46.0 Å². The molecule has 9 heteroatoms. The van der Waals surface area contributed by atoms with Crippen LogP contribution in [-0.2, 0) is 19.2 Å². The van der Waals surface area contributed by atoms with Gasteiger partial charge in [0.25, 0.3) is 5.91 Å². The molecule has 2 amide bonds. The molecular weight excluding hydrogens is 544 g/mol. The molecule has 2 aliphatic carbocycles. The summed E-state index contributed by atoms with van der Waals surface area (Å²) in [5.41, 5.74) is 1.73. The van der Waals surface area contributed by atoms with Crippen LogP contribution in [0.15, 0.2) is 40.2 Å². The minimum atomic E-state index is -0.595. The van der Waals surface area contributed by atoms with Crippen LogP contribution >= 0.6 is 0 Å². The molecule has 3 aliphatic rings. The first-order chi connectivity index (χ1) is 20.4. The molecule has 232 valence electrons. The Morgan fingerprint density at radius 3 is 2.28 bits per heavy atom. The second-order valence-electron chi connectivity index (χ2n) is 12.6. The summed E-state index contributed by atoms with van der Waals surface area (Å²) in [5, 5.41) is 20.2. The molecule has 1 heterocycles. The molecule has 0 saturated heterocycles. The number of carbonyl (C=O) groups excluding carboxylic acids is 4. The van der Waals surface area contributed by atoms with E-state index in [0.717, 1.165) is 57.3 Å². The van der Waals surface area contributed by atoms with Crippen molar-refractivity contribution in [1.82, 2.24) is 5.01 Å². The van der Waals surface area contributed by atoms with Crippen LogP contribution in [0.4, 0.5) is 11.4 Å². The third kappa shape index (κ3) is 6.60. The van der Waals surface area contributed by atoms with E-state index in [2.05, 4.69) is 15.3 Å². The summed E-state index contributed by atoms with van der Waals surface area (Å²) >= 11 is 0. The lowest BCUT2D eigenvalue weighted by molar-refractivity contribution is -0.130. The second-order valence-corrected chi connectivity index (χ2v) is 12.6. The Hall–Kier alpha value is -3.75. The molecule has 1 aromatic carbocycles. The number of aliphatic hydroxyl groups is 1. The Morgan fingerprint density at radius 1 is 1.02 bits per heavy atom. The van der Waals surface area contributed by atoms with Gasteiger partial charge in [0.1, 0.15) is 11.5 Å². The first kappa shape index (κ1) is 32.2. The predicted octanol–water partition coefficient (Wildman–Crippen LogP) is 6.35. The number of anilines is 2. The highest BCUT2D eigenvalue weighted by Gasteiger charge is 2.46. The number of amides is 2. The van der Waals surface area contributed by atoms with Crippen molar-refractivity contribution in [3.8, 4) is 0 Å². The van der Waals surface area contributed by atoms with E-state index < -0.39 is 17.2 Å². The van der Waals surface area contributed by atoms with Crippen molar-refractivity contribution < 1.29 is 24.3 Å². The average Bonchev–Trinajstić information content (AvgIpc) is 3.61. The van der Waals surface area contributed by atoms with Crippen LogP contribution in [0.1, 0.15) is 105 Å². The zero-order chi connectivity index (χ0) is 31.5. The molecule has 2 N–H and O–H groups in total. The number of allylic oxidation sites excluding steroid dienone is 2. The van der Waals surface area contributed by atoms with Gasteiger partial charge < -0.3 is 15.3 Å². The van der Waals surface area contributed by atoms with Crippen molar-refractivity contribution in [3.05, 3.63) is 40.7 Å². The van der Waals surface area contributed by atoms with E-state index in [9.17, 15) is 24.3 Å². The van der Waals surface area contributed by atoms with E-state index in [0.29, 0.717) is 23.4 Å². The summed E-state index contributed by atoms with van der Waals surface area (Å²) in [6.07, 6.45) is 6.32. The minimum Gasteiger partial charge on any atom is -0.506 e. The molecule has 9 nitrogen and oxygen atoms in total. The fourth-order valence-electron chi connectivity index (χ4n) is 6.10. The summed E-state index contributed by atoms with van der Waals surface area (Å²) in [6, 6.07) is 5.38. The van der Waals surface area contributed by atoms with E-state index in [1.165, 1.54) is 5.01 Å². The van der Waals surface area contributed by atoms with Gasteiger partial charge in [-0.05, 0) is 78.5 Å². The number of nitrogens with zero attached hydrogens (tertiary/aromatic N) is 3. The Kier molecular flexibility index (Phi) is 9.93. The molecular formula is C34H46N4O5. The Bertz CT molecular complexity index is 1390. The standard InChI is InChI=1S/C34H46N4O5/c1-7-10-15-24-29(33(43)38(36-24)34(4,5)6)30-31(41)28(32(30)42)23-17-16-22(37(8-2)9-3)20-25(23)35-27(40)19-18-26(39)21-13-11-12-14-21/h16-17,20-21,41H,7-15,18-19H2,1-6H3,(H,35,40). The van der Waals surface area contributed by atoms with Crippen molar-refractivity contribution in [1.29, 1.82) is 0 Å². The molecule has 0 bridgehead atoms. The largest absolute Gasteiger partial charge is 0.506 e. The number of aliphatic hydroxyl groups excluding tert-OH is 1. The molecule has 1 aromatic rings. The van der Waals surface area contributed by atoms with Gasteiger partial charge in [-0.1, -0.05) is 26.2 Å². The van der Waals surface area contributed by atoms with Crippen molar-refractivity contribution in [3.63, 3.8) is 0 Å². The van der Waals surface area contributed by atoms with Gasteiger partial charge in [0.2, 0.25) is 11.7 Å². The molecule has 43 heavy (non-hydrogen) atoms. The number of hydrazone groups is 1.